The molecule has 1 heterocycles. The van der Waals surface area contributed by atoms with E-state index in [2.05, 4.69) is 0 Å². The normalized spacial score (nSPS) is 12.6. The molecule has 0 saturated carbocycles. The molecule has 1 aromatic carbocycles. The van der Waals surface area contributed by atoms with Gasteiger partial charge in [0.15, 0.2) is 0 Å². The van der Waals surface area contributed by atoms with E-state index in [0.717, 1.165) is 16.3 Å². The van der Waals surface area contributed by atoms with Crippen LogP contribution in [0.1, 0.15) is 16.4 Å². The van der Waals surface area contributed by atoms with Crippen LogP contribution in [0, 0.1) is 5.82 Å². The summed E-state index contributed by atoms with van der Waals surface area (Å²) in [7, 11) is 0. The van der Waals surface area contributed by atoms with Gasteiger partial charge in [0.2, 0.25) is 0 Å². The van der Waals surface area contributed by atoms with Crippen molar-refractivity contribution in [2.24, 2.45) is 5.73 Å². The molecule has 2 N–H and O–H groups in total. The topological polar surface area (TPSA) is 26.0 Å². The predicted molar refractivity (Wildman–Crippen MR) is 71.2 cm³/mol. The van der Waals surface area contributed by atoms with Gasteiger partial charge in [-0.15, -0.1) is 11.3 Å². The number of hydrogen-bond acceptors (Lipinski definition) is 2. The Hall–Kier alpha value is -0.900. The first-order valence-electron chi connectivity index (χ1n) is 5.39. The second-order valence-electron chi connectivity index (χ2n) is 3.89. The van der Waals surface area contributed by atoms with Gasteiger partial charge in [-0.3, -0.25) is 0 Å². The zero-order valence-electron chi connectivity index (χ0n) is 9.20. The zero-order chi connectivity index (χ0) is 12.3. The van der Waals surface area contributed by atoms with Crippen LogP contribution in [-0.4, -0.2) is 6.54 Å². The Bertz CT molecular complexity index is 480. The molecule has 17 heavy (non-hydrogen) atoms. The first-order chi connectivity index (χ1) is 8.19. The van der Waals surface area contributed by atoms with Crippen LogP contribution in [0.25, 0.3) is 0 Å². The third kappa shape index (κ3) is 3.28. The van der Waals surface area contributed by atoms with E-state index in [1.807, 2.05) is 12.1 Å². The molecule has 4 heteroatoms. The van der Waals surface area contributed by atoms with Crippen molar-refractivity contribution >= 4 is 22.9 Å². The molecule has 0 amide bonds. The molecular formula is C13H13ClFNS. The van der Waals surface area contributed by atoms with Gasteiger partial charge in [0.1, 0.15) is 5.82 Å². The quantitative estimate of drug-likeness (QED) is 0.897. The van der Waals surface area contributed by atoms with E-state index in [1.54, 1.807) is 23.5 Å². The lowest BCUT2D eigenvalue weighted by atomic mass is 9.95. The molecule has 0 aliphatic rings. The van der Waals surface area contributed by atoms with Crippen molar-refractivity contribution in [3.63, 3.8) is 0 Å². The van der Waals surface area contributed by atoms with Gasteiger partial charge in [-0.05, 0) is 42.8 Å². The number of benzene rings is 1. The second kappa shape index (κ2) is 5.63. The number of nitrogens with two attached hydrogens (primary N) is 1. The minimum absolute atomic E-state index is 0.213. The molecule has 0 spiro atoms. The lowest BCUT2D eigenvalue weighted by molar-refractivity contribution is 0.623. The van der Waals surface area contributed by atoms with Gasteiger partial charge in [0.05, 0.1) is 4.34 Å². The van der Waals surface area contributed by atoms with E-state index in [9.17, 15) is 4.39 Å². The minimum Gasteiger partial charge on any atom is -0.330 e. The van der Waals surface area contributed by atoms with Crippen LogP contribution in [0.15, 0.2) is 36.4 Å². The summed E-state index contributed by atoms with van der Waals surface area (Å²) < 4.78 is 13.6. The third-order valence-electron chi connectivity index (χ3n) is 2.70. The fraction of sp³-hybridized carbons (Fsp3) is 0.231. The summed E-state index contributed by atoms with van der Waals surface area (Å²) in [5.41, 5.74) is 6.84. The number of rotatable bonds is 4. The van der Waals surface area contributed by atoms with Crippen LogP contribution in [0.2, 0.25) is 4.34 Å². The van der Waals surface area contributed by atoms with Crippen LogP contribution in [0.3, 0.4) is 0 Å². The van der Waals surface area contributed by atoms with Gasteiger partial charge < -0.3 is 5.73 Å². The largest absolute Gasteiger partial charge is 0.330 e. The second-order valence-corrected chi connectivity index (χ2v) is 5.69. The lowest BCUT2D eigenvalue weighted by Gasteiger charge is -2.14. The monoisotopic (exact) mass is 269 g/mol. The zero-order valence-corrected chi connectivity index (χ0v) is 10.8. The van der Waals surface area contributed by atoms with E-state index >= 15 is 0 Å². The van der Waals surface area contributed by atoms with Gasteiger partial charge in [0, 0.05) is 10.8 Å². The SMILES string of the molecule is NCC(Cc1ccc(Cl)s1)c1ccc(F)cc1. The molecule has 90 valence electrons. The summed E-state index contributed by atoms with van der Waals surface area (Å²) in [4.78, 5) is 1.20. The van der Waals surface area contributed by atoms with Gasteiger partial charge in [-0.1, -0.05) is 23.7 Å². The molecule has 1 nitrogen and oxygen atoms in total. The van der Waals surface area contributed by atoms with Gasteiger partial charge in [-0.2, -0.15) is 0 Å². The van der Waals surface area contributed by atoms with Gasteiger partial charge >= 0.3 is 0 Å². The van der Waals surface area contributed by atoms with Gasteiger partial charge in [-0.25, -0.2) is 4.39 Å². The highest BCUT2D eigenvalue weighted by molar-refractivity contribution is 7.16. The Kier molecular flexibility index (Phi) is 4.15. The standard InChI is InChI=1S/C13H13ClFNS/c14-13-6-5-12(17-13)7-10(8-16)9-1-3-11(15)4-2-9/h1-6,10H,7-8,16H2. The Balaban J connectivity index is 2.13. The van der Waals surface area contributed by atoms with E-state index in [4.69, 9.17) is 17.3 Å². The molecule has 0 saturated heterocycles. The van der Waals surface area contributed by atoms with E-state index in [0.29, 0.717) is 6.54 Å². The number of thiophene rings is 1. The first kappa shape index (κ1) is 12.6. The van der Waals surface area contributed by atoms with Crippen molar-refractivity contribution in [2.75, 3.05) is 6.54 Å². The predicted octanol–water partition coefficient (Wildman–Crippen LogP) is 3.83. The molecule has 2 rings (SSSR count). The molecule has 0 aliphatic heterocycles. The summed E-state index contributed by atoms with van der Waals surface area (Å²) >= 11 is 7.46. The van der Waals surface area contributed by atoms with Crippen molar-refractivity contribution in [3.8, 4) is 0 Å². The Morgan fingerprint density at radius 3 is 2.41 bits per heavy atom. The van der Waals surface area contributed by atoms with Crippen molar-refractivity contribution in [1.29, 1.82) is 0 Å². The molecule has 0 radical (unpaired) electrons. The Labute approximate surface area is 109 Å². The van der Waals surface area contributed by atoms with Crippen molar-refractivity contribution in [1.82, 2.24) is 0 Å². The fourth-order valence-corrected chi connectivity index (χ4v) is 2.94. The fourth-order valence-electron chi connectivity index (χ4n) is 1.78. The Morgan fingerprint density at radius 2 is 1.88 bits per heavy atom. The summed E-state index contributed by atoms with van der Waals surface area (Å²) in [6.07, 6.45) is 0.847. The molecule has 1 unspecified atom stereocenters. The maximum atomic E-state index is 12.8. The highest BCUT2D eigenvalue weighted by Gasteiger charge is 2.12. The summed E-state index contributed by atoms with van der Waals surface area (Å²) in [5, 5.41) is 0. The molecular weight excluding hydrogens is 257 g/mol. The molecule has 0 aliphatic carbocycles. The van der Waals surface area contributed by atoms with Crippen molar-refractivity contribution in [3.05, 3.63) is 57.0 Å². The van der Waals surface area contributed by atoms with E-state index < -0.39 is 0 Å². The summed E-state index contributed by atoms with van der Waals surface area (Å²) in [6.45, 7) is 0.543. The van der Waals surface area contributed by atoms with Crippen molar-refractivity contribution in [2.45, 2.75) is 12.3 Å². The van der Waals surface area contributed by atoms with Crippen LogP contribution in [-0.2, 0) is 6.42 Å². The maximum absolute atomic E-state index is 12.8. The average Bonchev–Trinajstić information content (AvgIpc) is 2.73. The van der Waals surface area contributed by atoms with E-state index in [-0.39, 0.29) is 11.7 Å². The van der Waals surface area contributed by atoms with Crippen LogP contribution >= 0.6 is 22.9 Å². The molecule has 0 fully saturated rings. The highest BCUT2D eigenvalue weighted by Crippen LogP contribution is 2.27. The highest BCUT2D eigenvalue weighted by atomic mass is 35.5. The van der Waals surface area contributed by atoms with Crippen LogP contribution in [0.4, 0.5) is 4.39 Å². The average molecular weight is 270 g/mol. The molecule has 1 aromatic heterocycles. The van der Waals surface area contributed by atoms with Crippen molar-refractivity contribution < 1.29 is 4.39 Å². The molecule has 0 bridgehead atoms. The number of hydrogen-bond donors (Lipinski definition) is 1. The lowest BCUT2D eigenvalue weighted by Crippen LogP contribution is -2.14. The molecule has 2 aromatic rings. The maximum Gasteiger partial charge on any atom is 0.123 e. The van der Waals surface area contributed by atoms with Gasteiger partial charge in [0.25, 0.3) is 0 Å². The first-order valence-corrected chi connectivity index (χ1v) is 6.58. The summed E-state index contributed by atoms with van der Waals surface area (Å²) in [6, 6.07) is 10.4. The van der Waals surface area contributed by atoms with E-state index in [1.165, 1.54) is 17.0 Å². The van der Waals surface area contributed by atoms with Crippen LogP contribution in [0.5, 0.6) is 0 Å². The smallest absolute Gasteiger partial charge is 0.123 e. The minimum atomic E-state index is -0.219. The Morgan fingerprint density at radius 1 is 1.18 bits per heavy atom. The number of halogens is 2. The summed E-state index contributed by atoms with van der Waals surface area (Å²) in [5.74, 6) is -0.00555. The molecule has 1 atom stereocenters. The third-order valence-corrected chi connectivity index (χ3v) is 3.96. The van der Waals surface area contributed by atoms with Crippen LogP contribution < -0.4 is 5.73 Å².